The SMILES string of the molecule is CCC(=O)N1CCN(c2nn3cc(C(C)(C)C)nc3s2)CC1. The summed E-state index contributed by atoms with van der Waals surface area (Å²) in [5, 5.41) is 5.65. The fraction of sp³-hybridized carbons (Fsp3) is 0.667. The van der Waals surface area contributed by atoms with Crippen molar-refractivity contribution in [2.24, 2.45) is 0 Å². The molecule has 2 aromatic rings. The van der Waals surface area contributed by atoms with Gasteiger partial charge in [-0.1, -0.05) is 39.0 Å². The molecule has 0 unspecified atom stereocenters. The third kappa shape index (κ3) is 2.82. The summed E-state index contributed by atoms with van der Waals surface area (Å²) in [6, 6.07) is 0. The number of hydrogen-bond acceptors (Lipinski definition) is 5. The first-order chi connectivity index (χ1) is 10.4. The van der Waals surface area contributed by atoms with Crippen molar-refractivity contribution < 1.29 is 4.79 Å². The molecule has 0 bridgehead atoms. The summed E-state index contributed by atoms with van der Waals surface area (Å²) >= 11 is 1.62. The number of rotatable bonds is 2. The summed E-state index contributed by atoms with van der Waals surface area (Å²) in [4.78, 5) is 21.5. The maximum atomic E-state index is 11.7. The van der Waals surface area contributed by atoms with Gasteiger partial charge < -0.3 is 9.80 Å². The van der Waals surface area contributed by atoms with E-state index >= 15 is 0 Å². The highest BCUT2D eigenvalue weighted by Gasteiger charge is 2.24. The van der Waals surface area contributed by atoms with Gasteiger partial charge in [0, 0.05) is 38.0 Å². The molecule has 1 fully saturated rings. The average Bonchev–Trinajstić information content (AvgIpc) is 3.04. The van der Waals surface area contributed by atoms with Gasteiger partial charge in [-0.2, -0.15) is 0 Å². The standard InChI is InChI=1S/C15H23N5OS/c1-5-12(21)18-6-8-19(9-7-18)14-17-20-10-11(15(2,3)4)16-13(20)22-14/h10H,5-9H2,1-4H3. The van der Waals surface area contributed by atoms with Gasteiger partial charge in [0.05, 0.1) is 11.9 Å². The Morgan fingerprint density at radius 3 is 2.50 bits per heavy atom. The number of imidazole rings is 1. The van der Waals surface area contributed by atoms with Gasteiger partial charge in [0.2, 0.25) is 16.0 Å². The molecule has 0 aliphatic carbocycles. The molecule has 1 aliphatic rings. The van der Waals surface area contributed by atoms with Gasteiger partial charge in [0.25, 0.3) is 0 Å². The highest BCUT2D eigenvalue weighted by atomic mass is 32.1. The van der Waals surface area contributed by atoms with Crippen LogP contribution in [0.25, 0.3) is 4.96 Å². The van der Waals surface area contributed by atoms with E-state index in [1.807, 2.05) is 22.5 Å². The van der Waals surface area contributed by atoms with Crippen molar-refractivity contribution in [3.05, 3.63) is 11.9 Å². The lowest BCUT2D eigenvalue weighted by atomic mass is 9.93. The Morgan fingerprint density at radius 1 is 1.27 bits per heavy atom. The number of anilines is 1. The highest BCUT2D eigenvalue weighted by molar-refractivity contribution is 7.20. The van der Waals surface area contributed by atoms with E-state index in [-0.39, 0.29) is 11.3 Å². The maximum absolute atomic E-state index is 11.7. The van der Waals surface area contributed by atoms with Gasteiger partial charge in [-0.3, -0.25) is 4.79 Å². The second-order valence-electron chi connectivity index (χ2n) is 6.71. The van der Waals surface area contributed by atoms with E-state index in [2.05, 4.69) is 35.8 Å². The number of fused-ring (bicyclic) bond motifs is 1. The average molecular weight is 321 g/mol. The second-order valence-corrected chi connectivity index (χ2v) is 7.64. The van der Waals surface area contributed by atoms with E-state index in [1.165, 1.54) is 0 Å². The summed E-state index contributed by atoms with van der Waals surface area (Å²) in [5.41, 5.74) is 1.11. The van der Waals surface area contributed by atoms with Gasteiger partial charge in [-0.15, -0.1) is 5.10 Å². The van der Waals surface area contributed by atoms with E-state index in [1.54, 1.807) is 11.3 Å². The number of carbonyl (C=O) groups excluding carboxylic acids is 1. The van der Waals surface area contributed by atoms with Crippen LogP contribution in [-0.2, 0) is 10.2 Å². The molecule has 0 spiro atoms. The zero-order valence-electron chi connectivity index (χ0n) is 13.7. The largest absolute Gasteiger partial charge is 0.343 e. The third-order valence-corrected chi connectivity index (χ3v) is 4.99. The van der Waals surface area contributed by atoms with Crippen molar-refractivity contribution in [2.45, 2.75) is 39.5 Å². The minimum Gasteiger partial charge on any atom is -0.343 e. The lowest BCUT2D eigenvalue weighted by molar-refractivity contribution is -0.131. The molecule has 1 saturated heterocycles. The molecule has 3 rings (SSSR count). The first-order valence-corrected chi connectivity index (χ1v) is 8.59. The number of amides is 1. The minimum atomic E-state index is 0.0414. The summed E-state index contributed by atoms with van der Waals surface area (Å²) < 4.78 is 1.88. The zero-order valence-corrected chi connectivity index (χ0v) is 14.5. The maximum Gasteiger partial charge on any atom is 0.222 e. The Hall–Kier alpha value is -1.63. The Bertz CT molecular complexity index is 644. The number of nitrogens with zero attached hydrogens (tertiary/aromatic N) is 5. The molecule has 120 valence electrons. The molecule has 0 saturated carbocycles. The van der Waals surface area contributed by atoms with Crippen LogP contribution < -0.4 is 4.90 Å². The molecular weight excluding hydrogens is 298 g/mol. The molecule has 7 heteroatoms. The Kier molecular flexibility index (Phi) is 3.84. The van der Waals surface area contributed by atoms with Crippen molar-refractivity contribution in [1.29, 1.82) is 0 Å². The predicted molar refractivity (Wildman–Crippen MR) is 88.6 cm³/mol. The molecule has 0 N–H and O–H groups in total. The van der Waals surface area contributed by atoms with E-state index in [0.29, 0.717) is 6.42 Å². The summed E-state index contributed by atoms with van der Waals surface area (Å²) in [6.07, 6.45) is 2.60. The highest BCUT2D eigenvalue weighted by Crippen LogP contribution is 2.28. The molecule has 0 atom stereocenters. The minimum absolute atomic E-state index is 0.0414. The van der Waals surface area contributed by atoms with Gasteiger partial charge in [0.15, 0.2) is 0 Å². The first kappa shape index (κ1) is 15.3. The van der Waals surface area contributed by atoms with Crippen molar-refractivity contribution >= 4 is 27.3 Å². The second kappa shape index (κ2) is 5.53. The Balaban J connectivity index is 1.73. The molecule has 3 heterocycles. The van der Waals surface area contributed by atoms with Crippen molar-refractivity contribution in [3.8, 4) is 0 Å². The van der Waals surface area contributed by atoms with Crippen LogP contribution in [0.3, 0.4) is 0 Å². The predicted octanol–water partition coefficient (Wildman–Crippen LogP) is 2.15. The Morgan fingerprint density at radius 2 is 1.95 bits per heavy atom. The molecule has 0 aromatic carbocycles. The molecule has 2 aromatic heterocycles. The fourth-order valence-corrected chi connectivity index (χ4v) is 3.48. The van der Waals surface area contributed by atoms with E-state index in [9.17, 15) is 4.79 Å². The molecule has 1 amide bonds. The summed E-state index contributed by atoms with van der Waals surface area (Å²) in [6.45, 7) is 11.6. The molecule has 6 nitrogen and oxygen atoms in total. The number of aromatic nitrogens is 3. The zero-order chi connectivity index (χ0) is 15.9. The summed E-state index contributed by atoms with van der Waals surface area (Å²) in [5.74, 6) is 0.239. The monoisotopic (exact) mass is 321 g/mol. The number of hydrogen-bond donors (Lipinski definition) is 0. The van der Waals surface area contributed by atoms with Gasteiger partial charge in [0.1, 0.15) is 0 Å². The molecular formula is C15H23N5OS. The van der Waals surface area contributed by atoms with Crippen LogP contribution in [0.15, 0.2) is 6.20 Å². The lowest BCUT2D eigenvalue weighted by Gasteiger charge is -2.34. The van der Waals surface area contributed by atoms with E-state index < -0.39 is 0 Å². The van der Waals surface area contributed by atoms with Crippen LogP contribution in [-0.4, -0.2) is 51.6 Å². The van der Waals surface area contributed by atoms with Crippen LogP contribution in [0.1, 0.15) is 39.8 Å². The van der Waals surface area contributed by atoms with Crippen molar-refractivity contribution in [1.82, 2.24) is 19.5 Å². The van der Waals surface area contributed by atoms with Crippen LogP contribution in [0.5, 0.6) is 0 Å². The van der Waals surface area contributed by atoms with Crippen LogP contribution in [0.2, 0.25) is 0 Å². The van der Waals surface area contributed by atoms with Crippen LogP contribution in [0, 0.1) is 0 Å². The van der Waals surface area contributed by atoms with Gasteiger partial charge in [-0.05, 0) is 0 Å². The molecule has 0 radical (unpaired) electrons. The fourth-order valence-electron chi connectivity index (χ4n) is 2.55. The number of carbonyl (C=O) groups is 1. The quantitative estimate of drug-likeness (QED) is 0.850. The first-order valence-electron chi connectivity index (χ1n) is 7.78. The molecule has 1 aliphatic heterocycles. The van der Waals surface area contributed by atoms with Crippen molar-refractivity contribution in [2.75, 3.05) is 31.1 Å². The lowest BCUT2D eigenvalue weighted by Crippen LogP contribution is -2.48. The van der Waals surface area contributed by atoms with Crippen molar-refractivity contribution in [3.63, 3.8) is 0 Å². The van der Waals surface area contributed by atoms with Crippen LogP contribution >= 0.6 is 11.3 Å². The summed E-state index contributed by atoms with van der Waals surface area (Å²) in [7, 11) is 0. The van der Waals surface area contributed by atoms with E-state index in [4.69, 9.17) is 0 Å². The Labute approximate surface area is 134 Å². The molecule has 22 heavy (non-hydrogen) atoms. The topological polar surface area (TPSA) is 53.7 Å². The number of piperazine rings is 1. The third-order valence-electron chi connectivity index (χ3n) is 4.01. The van der Waals surface area contributed by atoms with Crippen LogP contribution in [0.4, 0.5) is 5.13 Å². The van der Waals surface area contributed by atoms with E-state index in [0.717, 1.165) is 42.0 Å². The van der Waals surface area contributed by atoms with Gasteiger partial charge >= 0.3 is 0 Å². The van der Waals surface area contributed by atoms with Gasteiger partial charge in [-0.25, -0.2) is 9.50 Å². The normalized spacial score (nSPS) is 16.5. The smallest absolute Gasteiger partial charge is 0.222 e.